The minimum atomic E-state index is 0.0934. The lowest BCUT2D eigenvalue weighted by molar-refractivity contribution is -0.121. The summed E-state index contributed by atoms with van der Waals surface area (Å²) in [4.78, 5) is 11.7. The van der Waals surface area contributed by atoms with Gasteiger partial charge in [-0.05, 0) is 36.1 Å². The fourth-order valence-electron chi connectivity index (χ4n) is 2.03. The second kappa shape index (κ2) is 7.71. The Kier molecular flexibility index (Phi) is 5.63. The van der Waals surface area contributed by atoms with E-state index in [1.165, 1.54) is 5.56 Å². The Balaban J connectivity index is 1.68. The molecule has 0 aromatic heterocycles. The third kappa shape index (κ3) is 5.06. The average molecular weight is 288 g/mol. The van der Waals surface area contributed by atoms with Gasteiger partial charge in [0.05, 0.1) is 0 Å². The molecule has 104 valence electrons. The number of hydrogen-bond acceptors (Lipinski definition) is 1. The standard InChI is InChI=1S/C17H18ClNO/c18-16-8-4-7-15(13-16)11-12-19-17(20)10-9-14-5-2-1-3-6-14/h1-8,13H,9-12H2,(H,19,20). The van der Waals surface area contributed by atoms with Gasteiger partial charge < -0.3 is 5.32 Å². The summed E-state index contributed by atoms with van der Waals surface area (Å²) in [5.41, 5.74) is 2.33. The van der Waals surface area contributed by atoms with E-state index in [2.05, 4.69) is 5.32 Å². The smallest absolute Gasteiger partial charge is 0.220 e. The van der Waals surface area contributed by atoms with E-state index in [1.807, 2.05) is 54.6 Å². The Hall–Kier alpha value is -1.80. The van der Waals surface area contributed by atoms with Gasteiger partial charge in [0.15, 0.2) is 0 Å². The summed E-state index contributed by atoms with van der Waals surface area (Å²) < 4.78 is 0. The fraction of sp³-hybridized carbons (Fsp3) is 0.235. The first-order valence-corrected chi connectivity index (χ1v) is 7.17. The molecule has 0 bridgehead atoms. The van der Waals surface area contributed by atoms with Crippen LogP contribution < -0.4 is 5.32 Å². The summed E-state index contributed by atoms with van der Waals surface area (Å²) in [5.74, 6) is 0.0934. The Bertz CT molecular complexity index is 554. The molecule has 2 aromatic rings. The molecule has 0 atom stereocenters. The molecule has 0 saturated carbocycles. The Morgan fingerprint density at radius 1 is 0.950 bits per heavy atom. The fourth-order valence-corrected chi connectivity index (χ4v) is 2.24. The van der Waals surface area contributed by atoms with Crippen molar-refractivity contribution in [3.05, 3.63) is 70.7 Å². The van der Waals surface area contributed by atoms with Crippen molar-refractivity contribution in [2.45, 2.75) is 19.3 Å². The van der Waals surface area contributed by atoms with Crippen LogP contribution in [0.1, 0.15) is 17.5 Å². The van der Waals surface area contributed by atoms with Gasteiger partial charge in [-0.2, -0.15) is 0 Å². The van der Waals surface area contributed by atoms with E-state index in [0.29, 0.717) is 13.0 Å². The first-order chi connectivity index (χ1) is 9.74. The van der Waals surface area contributed by atoms with Crippen LogP contribution in [-0.4, -0.2) is 12.5 Å². The molecule has 0 heterocycles. The number of rotatable bonds is 6. The summed E-state index contributed by atoms with van der Waals surface area (Å²) in [6, 6.07) is 17.8. The second-order valence-electron chi connectivity index (χ2n) is 4.72. The normalized spacial score (nSPS) is 10.2. The van der Waals surface area contributed by atoms with Crippen LogP contribution in [0.25, 0.3) is 0 Å². The molecule has 2 aromatic carbocycles. The van der Waals surface area contributed by atoms with Crippen LogP contribution in [-0.2, 0) is 17.6 Å². The van der Waals surface area contributed by atoms with Crippen molar-refractivity contribution in [2.24, 2.45) is 0 Å². The predicted molar refractivity (Wildman–Crippen MR) is 82.9 cm³/mol. The average Bonchev–Trinajstić information content (AvgIpc) is 2.46. The number of carbonyl (C=O) groups excluding carboxylic acids is 1. The Labute approximate surface area is 124 Å². The molecular formula is C17H18ClNO. The molecule has 0 radical (unpaired) electrons. The molecule has 0 aliphatic rings. The zero-order valence-corrected chi connectivity index (χ0v) is 12.1. The molecule has 3 heteroatoms. The predicted octanol–water partition coefficient (Wildman–Crippen LogP) is 3.63. The maximum Gasteiger partial charge on any atom is 0.220 e. The number of nitrogens with one attached hydrogen (secondary N) is 1. The molecule has 0 aliphatic carbocycles. The largest absolute Gasteiger partial charge is 0.356 e. The monoisotopic (exact) mass is 287 g/mol. The SMILES string of the molecule is O=C(CCc1ccccc1)NCCc1cccc(Cl)c1. The van der Waals surface area contributed by atoms with E-state index in [9.17, 15) is 4.79 Å². The first kappa shape index (κ1) is 14.6. The zero-order valence-electron chi connectivity index (χ0n) is 11.3. The number of benzene rings is 2. The highest BCUT2D eigenvalue weighted by Crippen LogP contribution is 2.10. The molecule has 0 spiro atoms. The zero-order chi connectivity index (χ0) is 14.2. The highest BCUT2D eigenvalue weighted by Gasteiger charge is 2.02. The number of carbonyl (C=O) groups is 1. The lowest BCUT2D eigenvalue weighted by Crippen LogP contribution is -2.25. The van der Waals surface area contributed by atoms with Gasteiger partial charge in [-0.15, -0.1) is 0 Å². The van der Waals surface area contributed by atoms with E-state index < -0.39 is 0 Å². The van der Waals surface area contributed by atoms with Gasteiger partial charge in [-0.1, -0.05) is 54.1 Å². The maximum atomic E-state index is 11.7. The van der Waals surface area contributed by atoms with Gasteiger partial charge in [0.1, 0.15) is 0 Å². The lowest BCUT2D eigenvalue weighted by Gasteiger charge is -2.06. The van der Waals surface area contributed by atoms with Crippen LogP contribution in [0.5, 0.6) is 0 Å². The summed E-state index contributed by atoms with van der Waals surface area (Å²) in [5, 5.41) is 3.67. The van der Waals surface area contributed by atoms with Gasteiger partial charge in [0.25, 0.3) is 0 Å². The summed E-state index contributed by atoms with van der Waals surface area (Å²) >= 11 is 5.92. The van der Waals surface area contributed by atoms with E-state index in [-0.39, 0.29) is 5.91 Å². The maximum absolute atomic E-state index is 11.7. The van der Waals surface area contributed by atoms with Crippen molar-refractivity contribution < 1.29 is 4.79 Å². The van der Waals surface area contributed by atoms with Crippen LogP contribution in [0.15, 0.2) is 54.6 Å². The van der Waals surface area contributed by atoms with Crippen molar-refractivity contribution in [1.82, 2.24) is 5.32 Å². The van der Waals surface area contributed by atoms with Crippen molar-refractivity contribution >= 4 is 17.5 Å². The highest BCUT2D eigenvalue weighted by atomic mass is 35.5. The van der Waals surface area contributed by atoms with E-state index in [1.54, 1.807) is 0 Å². The van der Waals surface area contributed by atoms with E-state index in [4.69, 9.17) is 11.6 Å². The molecule has 20 heavy (non-hydrogen) atoms. The first-order valence-electron chi connectivity index (χ1n) is 6.79. The Morgan fingerprint density at radius 3 is 2.45 bits per heavy atom. The van der Waals surface area contributed by atoms with Crippen molar-refractivity contribution in [3.8, 4) is 0 Å². The number of halogens is 1. The third-order valence-electron chi connectivity index (χ3n) is 3.11. The third-order valence-corrected chi connectivity index (χ3v) is 3.34. The summed E-state index contributed by atoms with van der Waals surface area (Å²) in [6.45, 7) is 0.647. The van der Waals surface area contributed by atoms with Crippen LogP contribution in [0.2, 0.25) is 5.02 Å². The number of hydrogen-bond donors (Lipinski definition) is 1. The molecule has 0 saturated heterocycles. The minimum absolute atomic E-state index is 0.0934. The van der Waals surface area contributed by atoms with Crippen molar-refractivity contribution in [2.75, 3.05) is 6.54 Å². The summed E-state index contributed by atoms with van der Waals surface area (Å²) in [7, 11) is 0. The highest BCUT2D eigenvalue weighted by molar-refractivity contribution is 6.30. The van der Waals surface area contributed by atoms with Crippen LogP contribution in [0, 0.1) is 0 Å². The van der Waals surface area contributed by atoms with E-state index >= 15 is 0 Å². The molecule has 0 aliphatic heterocycles. The topological polar surface area (TPSA) is 29.1 Å². The van der Waals surface area contributed by atoms with Crippen LogP contribution >= 0.6 is 11.6 Å². The lowest BCUT2D eigenvalue weighted by atomic mass is 10.1. The van der Waals surface area contributed by atoms with Gasteiger partial charge in [0, 0.05) is 18.0 Å². The minimum Gasteiger partial charge on any atom is -0.356 e. The van der Waals surface area contributed by atoms with Crippen LogP contribution in [0.3, 0.4) is 0 Å². The molecule has 0 unspecified atom stereocenters. The van der Waals surface area contributed by atoms with Gasteiger partial charge in [-0.3, -0.25) is 4.79 Å². The van der Waals surface area contributed by atoms with E-state index in [0.717, 1.165) is 23.4 Å². The molecule has 2 rings (SSSR count). The number of aryl methyl sites for hydroxylation is 1. The molecular weight excluding hydrogens is 270 g/mol. The molecule has 0 fully saturated rings. The second-order valence-corrected chi connectivity index (χ2v) is 5.15. The number of amides is 1. The van der Waals surface area contributed by atoms with Crippen molar-refractivity contribution in [1.29, 1.82) is 0 Å². The van der Waals surface area contributed by atoms with Crippen molar-refractivity contribution in [3.63, 3.8) is 0 Å². The van der Waals surface area contributed by atoms with Gasteiger partial charge >= 0.3 is 0 Å². The quantitative estimate of drug-likeness (QED) is 0.864. The summed E-state index contributed by atoms with van der Waals surface area (Å²) in [6.07, 6.45) is 2.11. The molecule has 1 amide bonds. The molecule has 2 nitrogen and oxygen atoms in total. The van der Waals surface area contributed by atoms with Crippen LogP contribution in [0.4, 0.5) is 0 Å². The van der Waals surface area contributed by atoms with Gasteiger partial charge in [-0.25, -0.2) is 0 Å². The van der Waals surface area contributed by atoms with Gasteiger partial charge in [0.2, 0.25) is 5.91 Å². The molecule has 1 N–H and O–H groups in total. The Morgan fingerprint density at radius 2 is 1.70 bits per heavy atom.